The highest BCUT2D eigenvalue weighted by Crippen LogP contribution is 2.06. The highest BCUT2D eigenvalue weighted by atomic mass is 32.1. The van der Waals surface area contributed by atoms with Crippen molar-refractivity contribution in [3.63, 3.8) is 0 Å². The molecule has 0 aliphatic carbocycles. The predicted molar refractivity (Wildman–Crippen MR) is 55.5 cm³/mol. The summed E-state index contributed by atoms with van der Waals surface area (Å²) in [6, 6.07) is 3.31. The zero-order valence-corrected chi connectivity index (χ0v) is 8.87. The van der Waals surface area contributed by atoms with Crippen LogP contribution < -0.4 is 16.6 Å². The summed E-state index contributed by atoms with van der Waals surface area (Å²) in [6.45, 7) is -0.542. The molecule has 0 aliphatic heterocycles. The van der Waals surface area contributed by atoms with Crippen molar-refractivity contribution >= 4 is 29.2 Å². The lowest BCUT2D eigenvalue weighted by Gasteiger charge is -2.05. The fourth-order valence-electron chi connectivity index (χ4n) is 0.769. The Hall–Kier alpha value is -2.09. The fourth-order valence-corrected chi connectivity index (χ4v) is 1.39. The summed E-state index contributed by atoms with van der Waals surface area (Å²) in [7, 11) is 0. The highest BCUT2D eigenvalue weighted by Gasteiger charge is 2.08. The smallest absolute Gasteiger partial charge is 0.405 e. The molecule has 4 N–H and O–H groups in total. The number of hydrogen-bond acceptors (Lipinski definition) is 5. The number of primary amides is 1. The Kier molecular flexibility index (Phi) is 4.28. The van der Waals surface area contributed by atoms with Gasteiger partial charge in [0.25, 0.3) is 11.8 Å². The van der Waals surface area contributed by atoms with Gasteiger partial charge in [-0.3, -0.25) is 20.4 Å². The van der Waals surface area contributed by atoms with Gasteiger partial charge in [0, 0.05) is 0 Å². The van der Waals surface area contributed by atoms with Crippen LogP contribution in [0.4, 0.5) is 4.79 Å². The molecule has 86 valence electrons. The molecule has 0 saturated carbocycles. The summed E-state index contributed by atoms with van der Waals surface area (Å²) >= 11 is 1.23. The molecule has 1 aromatic rings. The number of nitrogens with two attached hydrogens (primary N) is 1. The third-order valence-electron chi connectivity index (χ3n) is 1.41. The number of hydrogen-bond donors (Lipinski definition) is 3. The van der Waals surface area contributed by atoms with Gasteiger partial charge in [-0.1, -0.05) is 6.07 Å². The molecule has 0 radical (unpaired) electrons. The maximum atomic E-state index is 11.3. The predicted octanol–water partition coefficient (Wildman–Crippen LogP) is -0.396. The lowest BCUT2D eigenvalue weighted by molar-refractivity contribution is -0.124. The van der Waals surface area contributed by atoms with Crippen LogP contribution in [-0.2, 0) is 9.53 Å². The van der Waals surface area contributed by atoms with Crippen LogP contribution in [0.25, 0.3) is 0 Å². The minimum atomic E-state index is -1.06. The number of carbonyl (C=O) groups is 3. The Morgan fingerprint density at radius 2 is 2.12 bits per heavy atom. The second kappa shape index (κ2) is 5.71. The number of carbonyl (C=O) groups excluding carboxylic acids is 3. The number of nitrogens with one attached hydrogen (secondary N) is 2. The SMILES string of the molecule is NC(=O)OCC(=O)NNC(=O)c1cccs1. The molecule has 0 spiro atoms. The second-order valence-electron chi connectivity index (χ2n) is 2.59. The Balaban J connectivity index is 2.27. The van der Waals surface area contributed by atoms with Crippen LogP contribution in [0.2, 0.25) is 0 Å². The van der Waals surface area contributed by atoms with E-state index in [1.54, 1.807) is 17.5 Å². The van der Waals surface area contributed by atoms with Crippen LogP contribution in [0, 0.1) is 0 Å². The average molecular weight is 243 g/mol. The van der Waals surface area contributed by atoms with Crippen molar-refractivity contribution in [2.75, 3.05) is 6.61 Å². The normalized spacial score (nSPS) is 9.25. The number of hydrazine groups is 1. The van der Waals surface area contributed by atoms with Crippen LogP contribution in [-0.4, -0.2) is 24.5 Å². The Labute approximate surface area is 94.5 Å². The summed E-state index contributed by atoms with van der Waals surface area (Å²) in [5, 5.41) is 1.73. The Bertz CT molecular complexity index is 390. The number of rotatable bonds is 3. The van der Waals surface area contributed by atoms with Gasteiger partial charge in [-0.25, -0.2) is 4.79 Å². The number of thiophene rings is 1. The molecule has 0 fully saturated rings. The molecule has 0 aliphatic rings. The molecule has 1 heterocycles. The van der Waals surface area contributed by atoms with Gasteiger partial charge in [-0.2, -0.15) is 0 Å². The molecule has 8 heteroatoms. The zero-order valence-electron chi connectivity index (χ0n) is 8.06. The van der Waals surface area contributed by atoms with E-state index in [4.69, 9.17) is 0 Å². The summed E-state index contributed by atoms with van der Waals surface area (Å²) in [5.74, 6) is -1.12. The average Bonchev–Trinajstić information content (AvgIpc) is 2.76. The Morgan fingerprint density at radius 1 is 1.38 bits per heavy atom. The summed E-state index contributed by atoms with van der Waals surface area (Å²) < 4.78 is 4.20. The molecular formula is C8H9N3O4S. The summed E-state index contributed by atoms with van der Waals surface area (Å²) in [6.07, 6.45) is -1.06. The fraction of sp³-hybridized carbons (Fsp3) is 0.125. The molecule has 0 aromatic carbocycles. The van der Waals surface area contributed by atoms with Gasteiger partial charge < -0.3 is 10.5 Å². The standard InChI is InChI=1S/C8H9N3O4S/c9-8(14)15-4-6(12)10-11-7(13)5-2-1-3-16-5/h1-3H,4H2,(H2,9,14)(H,10,12)(H,11,13). The first kappa shape index (κ1) is 12.0. The van der Waals surface area contributed by atoms with Crippen molar-refractivity contribution in [2.24, 2.45) is 5.73 Å². The minimum Gasteiger partial charge on any atom is -0.440 e. The largest absolute Gasteiger partial charge is 0.440 e. The van der Waals surface area contributed by atoms with Gasteiger partial charge >= 0.3 is 6.09 Å². The second-order valence-corrected chi connectivity index (χ2v) is 3.54. The van der Waals surface area contributed by atoms with E-state index in [0.29, 0.717) is 4.88 Å². The van der Waals surface area contributed by atoms with Crippen LogP contribution in [0.3, 0.4) is 0 Å². The Morgan fingerprint density at radius 3 is 2.69 bits per heavy atom. The van der Waals surface area contributed by atoms with Gasteiger partial charge in [0.2, 0.25) is 0 Å². The quantitative estimate of drug-likeness (QED) is 0.627. The van der Waals surface area contributed by atoms with Crippen molar-refractivity contribution in [1.82, 2.24) is 10.9 Å². The van der Waals surface area contributed by atoms with Gasteiger partial charge in [-0.05, 0) is 11.4 Å². The van der Waals surface area contributed by atoms with E-state index >= 15 is 0 Å². The maximum Gasteiger partial charge on any atom is 0.405 e. The van der Waals surface area contributed by atoms with Crippen LogP contribution in [0.15, 0.2) is 17.5 Å². The van der Waals surface area contributed by atoms with E-state index in [9.17, 15) is 14.4 Å². The third kappa shape index (κ3) is 3.96. The van der Waals surface area contributed by atoms with Crippen molar-refractivity contribution < 1.29 is 19.1 Å². The van der Waals surface area contributed by atoms with E-state index in [0.717, 1.165) is 0 Å². The van der Waals surface area contributed by atoms with Crippen molar-refractivity contribution in [3.05, 3.63) is 22.4 Å². The monoisotopic (exact) mass is 243 g/mol. The molecule has 1 rings (SSSR count). The van der Waals surface area contributed by atoms with Gasteiger partial charge in [0.05, 0.1) is 4.88 Å². The van der Waals surface area contributed by atoms with E-state index in [1.807, 2.05) is 0 Å². The molecule has 0 bridgehead atoms. The molecule has 16 heavy (non-hydrogen) atoms. The molecule has 3 amide bonds. The summed E-state index contributed by atoms with van der Waals surface area (Å²) in [5.41, 5.74) is 8.86. The van der Waals surface area contributed by atoms with E-state index in [-0.39, 0.29) is 0 Å². The van der Waals surface area contributed by atoms with Crippen molar-refractivity contribution in [2.45, 2.75) is 0 Å². The third-order valence-corrected chi connectivity index (χ3v) is 2.27. The van der Waals surface area contributed by atoms with Crippen LogP contribution in [0.1, 0.15) is 9.67 Å². The van der Waals surface area contributed by atoms with E-state index < -0.39 is 24.5 Å². The molecular weight excluding hydrogens is 234 g/mol. The van der Waals surface area contributed by atoms with Crippen molar-refractivity contribution in [3.8, 4) is 0 Å². The molecule has 0 unspecified atom stereocenters. The number of ether oxygens (including phenoxy) is 1. The highest BCUT2D eigenvalue weighted by molar-refractivity contribution is 7.12. The van der Waals surface area contributed by atoms with E-state index in [1.165, 1.54) is 11.3 Å². The van der Waals surface area contributed by atoms with E-state index in [2.05, 4.69) is 21.3 Å². The molecule has 0 saturated heterocycles. The van der Waals surface area contributed by atoms with Crippen LogP contribution in [0.5, 0.6) is 0 Å². The van der Waals surface area contributed by atoms with Crippen LogP contribution >= 0.6 is 11.3 Å². The van der Waals surface area contributed by atoms with Gasteiger partial charge in [0.1, 0.15) is 0 Å². The first-order valence-electron chi connectivity index (χ1n) is 4.14. The first-order valence-corrected chi connectivity index (χ1v) is 5.02. The van der Waals surface area contributed by atoms with Gasteiger partial charge in [-0.15, -0.1) is 11.3 Å². The minimum absolute atomic E-state index is 0.442. The zero-order chi connectivity index (χ0) is 12.0. The molecule has 7 nitrogen and oxygen atoms in total. The number of amides is 3. The van der Waals surface area contributed by atoms with Gasteiger partial charge in [0.15, 0.2) is 6.61 Å². The lowest BCUT2D eigenvalue weighted by atomic mass is 10.4. The van der Waals surface area contributed by atoms with Crippen molar-refractivity contribution in [1.29, 1.82) is 0 Å². The molecule has 1 aromatic heterocycles. The molecule has 0 atom stereocenters. The topological polar surface area (TPSA) is 111 Å². The first-order chi connectivity index (χ1) is 7.59. The lowest BCUT2D eigenvalue weighted by Crippen LogP contribution is -2.43. The maximum absolute atomic E-state index is 11.3. The summed E-state index contributed by atoms with van der Waals surface area (Å²) in [4.78, 5) is 32.9.